The Morgan fingerprint density at radius 1 is 0.398 bits per heavy atom. The average molecular weight is 1740 g/mol. The van der Waals surface area contributed by atoms with Crippen LogP contribution < -0.4 is 21.3 Å². The number of ether oxygens (including phenoxy) is 4. The van der Waals surface area contributed by atoms with Gasteiger partial charge in [0.15, 0.2) is 12.2 Å². The van der Waals surface area contributed by atoms with Crippen LogP contribution in [-0.4, -0.2) is 263 Å². The molecule has 0 aromatic carbocycles. The Labute approximate surface area is 738 Å². The fourth-order valence-electron chi connectivity index (χ4n) is 13.6. The second-order valence-corrected chi connectivity index (χ2v) is 35.5. The van der Waals surface area contributed by atoms with Crippen molar-refractivity contribution in [1.29, 1.82) is 0 Å². The van der Waals surface area contributed by atoms with Crippen LogP contribution in [-0.2, 0) is 86.1 Å². The van der Waals surface area contributed by atoms with Gasteiger partial charge < -0.3 is 79.8 Å². The lowest BCUT2D eigenvalue weighted by atomic mass is 9.90. The Kier molecular flexibility index (Phi) is 54.1. The lowest BCUT2D eigenvalue weighted by Crippen LogP contribution is -2.60. The van der Waals surface area contributed by atoms with Crippen molar-refractivity contribution < 1.29 is 96.3 Å². The van der Waals surface area contributed by atoms with Gasteiger partial charge in [0.25, 0.3) is 11.8 Å². The van der Waals surface area contributed by atoms with E-state index in [4.69, 9.17) is 18.9 Å². The van der Waals surface area contributed by atoms with Crippen molar-refractivity contribution in [3.63, 3.8) is 0 Å². The fraction of sp³-hybridized carbons (Fsp3) is 0.763. The first-order valence-corrected chi connectivity index (χ1v) is 44.7. The highest BCUT2D eigenvalue weighted by Gasteiger charge is 2.45. The Balaban J connectivity index is 0. The number of likely N-dealkylation sites (N-methyl/N-ethyl adjacent to an activating group) is 6. The lowest BCUT2D eigenvalue weighted by Gasteiger charge is -2.37. The Morgan fingerprint density at radius 3 is 0.935 bits per heavy atom. The molecule has 706 valence electrons. The predicted octanol–water partition coefficient (Wildman–Crippen LogP) is 10.5. The van der Waals surface area contributed by atoms with Gasteiger partial charge in [-0.3, -0.25) is 47.9 Å². The third-order valence-corrected chi connectivity index (χ3v) is 22.7. The predicted molar refractivity (Wildman–Crippen MR) is 480 cm³/mol. The zero-order valence-electron chi connectivity index (χ0n) is 81.9. The van der Waals surface area contributed by atoms with Crippen LogP contribution in [0.4, 0.5) is 0 Å². The fourth-order valence-corrected chi connectivity index (χ4v) is 13.6. The van der Waals surface area contributed by atoms with E-state index in [0.29, 0.717) is 43.3 Å². The minimum Gasteiger partial charge on any atom is -0.456 e. The molecule has 0 aromatic rings. The Hall–Kier alpha value is -8.54. The summed E-state index contributed by atoms with van der Waals surface area (Å²) in [6.45, 7) is 52.9. The van der Waals surface area contributed by atoms with Gasteiger partial charge in [-0.25, -0.2) is 19.2 Å². The molecule has 6 N–H and O–H groups in total. The molecule has 0 bridgehead atoms. The van der Waals surface area contributed by atoms with Crippen LogP contribution in [0.3, 0.4) is 0 Å². The number of amides is 10. The molecular weight excluding hydrogens is 1580 g/mol. The van der Waals surface area contributed by atoms with Crippen molar-refractivity contribution in [2.75, 3.05) is 55.4 Å². The van der Waals surface area contributed by atoms with Gasteiger partial charge in [-0.05, 0) is 126 Å². The Morgan fingerprint density at radius 2 is 0.667 bits per heavy atom. The molecular formula is C93H164N10O20. The molecule has 0 saturated carbocycles. The van der Waals surface area contributed by atoms with E-state index in [-0.39, 0.29) is 35.8 Å². The molecule has 123 heavy (non-hydrogen) atoms. The second kappa shape index (κ2) is 57.1. The maximum absolute atomic E-state index is 14.2. The Bertz CT molecular complexity index is 3550. The third kappa shape index (κ3) is 36.2. The van der Waals surface area contributed by atoms with Gasteiger partial charge in [0.1, 0.15) is 60.5 Å². The van der Waals surface area contributed by atoms with Gasteiger partial charge in [-0.1, -0.05) is 216 Å². The van der Waals surface area contributed by atoms with Crippen molar-refractivity contribution in [2.24, 2.45) is 59.2 Å². The summed E-state index contributed by atoms with van der Waals surface area (Å²) in [5.74, 6) is -13.5. The number of hydrogen-bond acceptors (Lipinski definition) is 20. The van der Waals surface area contributed by atoms with Gasteiger partial charge >= 0.3 is 23.9 Å². The third-order valence-electron chi connectivity index (χ3n) is 22.7. The molecule has 0 saturated heterocycles. The van der Waals surface area contributed by atoms with Crippen molar-refractivity contribution in [2.45, 2.75) is 350 Å². The first-order chi connectivity index (χ1) is 57.0. The maximum Gasteiger partial charge on any atom is 0.334 e. The van der Waals surface area contributed by atoms with Gasteiger partial charge in [0, 0.05) is 71.2 Å². The number of nitrogens with zero attached hydrogens (tertiary/aromatic N) is 6. The summed E-state index contributed by atoms with van der Waals surface area (Å²) < 4.78 is 23.5. The molecule has 0 fully saturated rings. The minimum atomic E-state index is -1.28. The summed E-state index contributed by atoms with van der Waals surface area (Å²) in [6.07, 6.45) is 5.49. The molecule has 2 rings (SSSR count). The van der Waals surface area contributed by atoms with E-state index in [0.717, 1.165) is 0 Å². The lowest BCUT2D eigenvalue weighted by molar-refractivity contribution is -0.161. The first kappa shape index (κ1) is 117. The molecule has 0 spiro atoms. The maximum atomic E-state index is 14.2. The molecule has 0 aromatic heterocycles. The molecule has 2 aliphatic heterocycles. The number of nitrogens with one attached hydrogen (secondary N) is 4. The van der Waals surface area contributed by atoms with Crippen molar-refractivity contribution in [1.82, 2.24) is 50.7 Å². The zero-order chi connectivity index (χ0) is 96.0. The number of aliphatic hydroxyl groups excluding tert-OH is 2. The number of aliphatic hydroxyl groups is 2. The number of carbonyl (C=O) groups is 14. The van der Waals surface area contributed by atoms with Gasteiger partial charge in [0.05, 0.1) is 25.3 Å². The van der Waals surface area contributed by atoms with Crippen LogP contribution in [0.15, 0.2) is 46.6 Å². The topological polar surface area (TPSA) is 384 Å². The highest BCUT2D eigenvalue weighted by molar-refractivity contribution is 5.99. The number of cyclic esters (lactones) is 4. The summed E-state index contributed by atoms with van der Waals surface area (Å²) in [7, 11) is 8.71. The molecule has 2 aliphatic rings. The smallest absolute Gasteiger partial charge is 0.334 e. The largest absolute Gasteiger partial charge is 0.456 e. The molecule has 30 nitrogen and oxygen atoms in total. The highest BCUT2D eigenvalue weighted by Crippen LogP contribution is 2.29. The number of esters is 4. The summed E-state index contributed by atoms with van der Waals surface area (Å²) in [5.41, 5.74) is 1.66. The van der Waals surface area contributed by atoms with E-state index in [1.165, 1.54) is 124 Å². The van der Waals surface area contributed by atoms with Crippen LogP contribution in [0.25, 0.3) is 0 Å². The van der Waals surface area contributed by atoms with Crippen molar-refractivity contribution in [3.05, 3.63) is 46.6 Å². The average Bonchev–Trinajstić information content (AvgIpc) is 0.829. The molecule has 2 heterocycles. The molecule has 30 heteroatoms. The first-order valence-electron chi connectivity index (χ1n) is 44.7. The monoisotopic (exact) mass is 1740 g/mol. The van der Waals surface area contributed by atoms with Crippen LogP contribution in [0.1, 0.15) is 265 Å². The standard InChI is InChI=1S/C44H75N5O10.C43H73N5O10.2C3H8/c1-17-20-28(10)37-30(12)32(50)22-21-29(11)43(56)59-38(27(9)19-3)39(52)46-35(25(6)7)41(54)49(16)36(26(8)18-2)42(55)47(14)23-33(51)45-34(24(4)5)40(53)48(15)31(13)44(57)58-37;1-17-19-27(10)37-29(12)31(49)21-20-28(11)42(55)57-36(25(7)8)38(51)45-34(24(5)6)40(53)48(16)35(26(9)18-2)41(54)46(14)22-32(50)44-33(23(3)4)39(52)47(15)30(13)43(56)58-37;2*1-3-2/h20-21,24-27,30-32,34-38,50H,17-19,22-23H2,1-16H3,(H,45,51)(H,46,52);19-20,23-26,29-31,33-37,49H,17-18,21-22H2,1-16H3,(H,44,50)(H,45,51);2*3H2,1-2H3/b28-20+,29-21+;27-19+,28-20+;;/t26-,27+,30+,31+,32+,34+,35+,36+,37-,38-;26-,29+,30+,31+,33+,34+,35+,36-,37-;;/m11../s1. The van der Waals surface area contributed by atoms with Crippen molar-refractivity contribution in [3.8, 4) is 0 Å². The molecule has 19 atom stereocenters. The number of allylic oxidation sites excluding steroid dienone is 2. The van der Waals surface area contributed by atoms with E-state index >= 15 is 0 Å². The van der Waals surface area contributed by atoms with Gasteiger partial charge in [-0.15, -0.1) is 0 Å². The number of carbonyl (C=O) groups excluding carboxylic acids is 14. The molecule has 0 aliphatic carbocycles. The summed E-state index contributed by atoms with van der Waals surface area (Å²) in [6, 6.07) is -8.52. The molecule has 0 radical (unpaired) electrons. The minimum absolute atomic E-state index is 0.0129. The van der Waals surface area contributed by atoms with E-state index in [1.54, 1.807) is 104 Å². The quantitative estimate of drug-likeness (QED) is 0.0504. The van der Waals surface area contributed by atoms with Crippen molar-refractivity contribution >= 4 is 82.9 Å². The number of rotatable bonds is 15. The molecule has 10 amide bonds. The summed E-state index contributed by atoms with van der Waals surface area (Å²) >= 11 is 0. The van der Waals surface area contributed by atoms with E-state index < -0.39 is 228 Å². The van der Waals surface area contributed by atoms with Crippen LogP contribution in [0.2, 0.25) is 0 Å². The van der Waals surface area contributed by atoms with Gasteiger partial charge in [-0.2, -0.15) is 0 Å². The van der Waals surface area contributed by atoms with Crippen LogP contribution >= 0.6 is 0 Å². The zero-order valence-corrected chi connectivity index (χ0v) is 81.9. The summed E-state index contributed by atoms with van der Waals surface area (Å²) in [4.78, 5) is 201. The van der Waals surface area contributed by atoms with Gasteiger partial charge in [0.2, 0.25) is 47.3 Å². The second-order valence-electron chi connectivity index (χ2n) is 35.5. The van der Waals surface area contributed by atoms with E-state index in [1.807, 2.05) is 60.6 Å². The van der Waals surface area contributed by atoms with E-state index in [9.17, 15) is 77.3 Å². The summed E-state index contributed by atoms with van der Waals surface area (Å²) in [5, 5.41) is 33.7. The highest BCUT2D eigenvalue weighted by atomic mass is 16.6. The van der Waals surface area contributed by atoms with Crippen LogP contribution in [0.5, 0.6) is 0 Å². The molecule has 0 unspecified atom stereocenters. The number of hydrogen-bond donors (Lipinski definition) is 6. The normalized spacial score (nSPS) is 28.5. The SMILES string of the molecule is CC/C=C(\C)[C@H]1OC(=O)[C@H](C)N(C)C(=O)[C@H](C(C)C)NC(=O)CN(C)C(=O)[C@H]([C@H](C)CC)N(C)C(=O)[C@H](C(C)C)NC(=O)[C@@H](C(C)C)OC(=O)/C(C)=C/C[C@H](O)[C@@H]1C.CC/C=C(\C)[C@H]1OC(=O)[C@H](C)N(C)C(=O)[C@H](C(C)C)NC(=O)CN(C)C(=O)[C@H]([C@H](C)CC)N(C)C(=O)[C@H](C(C)C)NC(=O)[C@@H]([C@@H](C)CC)OC(=O)/C(C)=C/C[C@H](O)[C@@H]1C.CCC.CCC. The van der Waals surface area contributed by atoms with Crippen LogP contribution in [0, 0.1) is 59.2 Å². The van der Waals surface area contributed by atoms with E-state index in [2.05, 4.69) is 49.0 Å².